The zero-order valence-electron chi connectivity index (χ0n) is 11.3. The van der Waals surface area contributed by atoms with E-state index in [2.05, 4.69) is 9.97 Å². The minimum atomic E-state index is -0.906. The lowest BCUT2D eigenvalue weighted by atomic mass is 10.1. The summed E-state index contributed by atoms with van der Waals surface area (Å²) >= 11 is 5.80. The van der Waals surface area contributed by atoms with E-state index in [-0.39, 0.29) is 18.0 Å². The number of carbonyl (C=O) groups is 2. The van der Waals surface area contributed by atoms with Gasteiger partial charge in [0.15, 0.2) is 5.82 Å². The summed E-state index contributed by atoms with van der Waals surface area (Å²) in [5.74, 6) is -0.936. The first-order valence-corrected chi connectivity index (χ1v) is 6.91. The number of imidazole rings is 1. The maximum Gasteiger partial charge on any atom is 0.307 e. The topological polar surface area (TPSA) is 83.0 Å². The number of benzene rings is 2. The van der Waals surface area contributed by atoms with Crippen molar-refractivity contribution in [2.75, 3.05) is 0 Å². The van der Waals surface area contributed by atoms with E-state index in [1.807, 2.05) is 0 Å². The summed E-state index contributed by atoms with van der Waals surface area (Å²) in [5, 5.41) is 9.37. The van der Waals surface area contributed by atoms with E-state index in [0.29, 0.717) is 27.2 Å². The van der Waals surface area contributed by atoms with Crippen LogP contribution in [0.3, 0.4) is 0 Å². The first-order valence-electron chi connectivity index (χ1n) is 6.53. The van der Waals surface area contributed by atoms with Gasteiger partial charge in [0.2, 0.25) is 5.78 Å². The number of carbonyl (C=O) groups excluding carboxylic acids is 1. The number of ketones is 1. The van der Waals surface area contributed by atoms with Crippen molar-refractivity contribution >= 4 is 34.4 Å². The number of carboxylic acids is 1. The lowest BCUT2D eigenvalue weighted by Gasteiger charge is -1.97. The van der Waals surface area contributed by atoms with E-state index < -0.39 is 5.97 Å². The molecule has 0 bridgehead atoms. The smallest absolute Gasteiger partial charge is 0.307 e. The Labute approximate surface area is 130 Å². The van der Waals surface area contributed by atoms with Crippen molar-refractivity contribution in [1.82, 2.24) is 9.97 Å². The lowest BCUT2D eigenvalue weighted by molar-refractivity contribution is -0.136. The van der Waals surface area contributed by atoms with Gasteiger partial charge in [0.25, 0.3) is 0 Å². The Kier molecular flexibility index (Phi) is 3.65. The van der Waals surface area contributed by atoms with E-state index in [9.17, 15) is 9.59 Å². The molecule has 0 saturated heterocycles. The van der Waals surface area contributed by atoms with Crippen LogP contribution in [0.2, 0.25) is 5.02 Å². The molecule has 0 aliphatic carbocycles. The van der Waals surface area contributed by atoms with Crippen molar-refractivity contribution in [3.63, 3.8) is 0 Å². The van der Waals surface area contributed by atoms with Crippen LogP contribution in [-0.2, 0) is 11.2 Å². The third kappa shape index (κ3) is 2.84. The summed E-state index contributed by atoms with van der Waals surface area (Å²) in [7, 11) is 0. The van der Waals surface area contributed by atoms with Crippen molar-refractivity contribution in [3.05, 3.63) is 64.4 Å². The molecular weight excluding hydrogens is 304 g/mol. The fourth-order valence-electron chi connectivity index (χ4n) is 2.19. The monoisotopic (exact) mass is 314 g/mol. The number of hydrogen-bond acceptors (Lipinski definition) is 3. The summed E-state index contributed by atoms with van der Waals surface area (Å²) in [6, 6.07) is 11.6. The van der Waals surface area contributed by atoms with Crippen molar-refractivity contribution < 1.29 is 14.7 Å². The zero-order chi connectivity index (χ0) is 15.7. The molecule has 0 aliphatic heterocycles. The van der Waals surface area contributed by atoms with Crippen LogP contribution in [-0.4, -0.2) is 26.8 Å². The molecule has 3 rings (SSSR count). The number of fused-ring (bicyclic) bond motifs is 1. The molecule has 0 unspecified atom stereocenters. The number of halogens is 1. The van der Waals surface area contributed by atoms with Gasteiger partial charge in [0.1, 0.15) is 0 Å². The Bertz CT molecular complexity index is 869. The molecule has 0 radical (unpaired) electrons. The Balaban J connectivity index is 1.95. The third-order valence-electron chi connectivity index (χ3n) is 3.22. The highest BCUT2D eigenvalue weighted by Gasteiger charge is 2.14. The Hall–Kier alpha value is -2.66. The van der Waals surface area contributed by atoms with Gasteiger partial charge in [-0.3, -0.25) is 9.59 Å². The van der Waals surface area contributed by atoms with Crippen LogP contribution in [0.25, 0.3) is 11.0 Å². The molecular formula is C16H11ClN2O3. The second-order valence-electron chi connectivity index (χ2n) is 4.84. The molecule has 6 heteroatoms. The SMILES string of the molecule is O=C(O)Cc1ccc2nc(C(=O)c3ccc(Cl)cc3)[nH]c2c1. The first-order chi connectivity index (χ1) is 10.5. The number of H-pyrrole nitrogens is 1. The normalized spacial score (nSPS) is 10.8. The van der Waals surface area contributed by atoms with Crippen LogP contribution in [0.5, 0.6) is 0 Å². The van der Waals surface area contributed by atoms with Gasteiger partial charge >= 0.3 is 5.97 Å². The highest BCUT2D eigenvalue weighted by atomic mass is 35.5. The molecule has 3 aromatic rings. The number of hydrogen-bond donors (Lipinski definition) is 2. The summed E-state index contributed by atoms with van der Waals surface area (Å²) in [4.78, 5) is 30.3. The van der Waals surface area contributed by atoms with Gasteiger partial charge in [0.05, 0.1) is 17.5 Å². The van der Waals surface area contributed by atoms with Gasteiger partial charge in [-0.25, -0.2) is 4.98 Å². The molecule has 2 aromatic carbocycles. The summed E-state index contributed by atoms with van der Waals surface area (Å²) in [5.41, 5.74) is 2.38. The molecule has 1 aromatic heterocycles. The van der Waals surface area contributed by atoms with Gasteiger partial charge in [-0.2, -0.15) is 0 Å². The van der Waals surface area contributed by atoms with Crippen molar-refractivity contribution in [2.45, 2.75) is 6.42 Å². The van der Waals surface area contributed by atoms with Gasteiger partial charge in [0, 0.05) is 10.6 Å². The van der Waals surface area contributed by atoms with Crippen LogP contribution in [0.1, 0.15) is 21.7 Å². The van der Waals surface area contributed by atoms with Crippen molar-refractivity contribution in [2.24, 2.45) is 0 Å². The summed E-state index contributed by atoms with van der Waals surface area (Å²) in [6.45, 7) is 0. The minimum Gasteiger partial charge on any atom is -0.481 e. The predicted molar refractivity (Wildman–Crippen MR) is 82.3 cm³/mol. The lowest BCUT2D eigenvalue weighted by Crippen LogP contribution is -2.03. The number of aromatic amines is 1. The average Bonchev–Trinajstić information content (AvgIpc) is 2.90. The maximum absolute atomic E-state index is 12.4. The molecule has 22 heavy (non-hydrogen) atoms. The van der Waals surface area contributed by atoms with Crippen LogP contribution < -0.4 is 0 Å². The molecule has 5 nitrogen and oxygen atoms in total. The molecule has 0 saturated carbocycles. The highest BCUT2D eigenvalue weighted by Crippen LogP contribution is 2.17. The van der Waals surface area contributed by atoms with Crippen LogP contribution in [0.15, 0.2) is 42.5 Å². The Morgan fingerprint density at radius 1 is 1.14 bits per heavy atom. The number of carboxylic acid groups (broad SMARTS) is 1. The van der Waals surface area contributed by atoms with Crippen LogP contribution in [0.4, 0.5) is 0 Å². The van der Waals surface area contributed by atoms with Crippen molar-refractivity contribution in [1.29, 1.82) is 0 Å². The van der Waals surface area contributed by atoms with Gasteiger partial charge in [-0.15, -0.1) is 0 Å². The van der Waals surface area contributed by atoms with E-state index in [0.717, 1.165) is 0 Å². The molecule has 0 atom stereocenters. The largest absolute Gasteiger partial charge is 0.481 e. The van der Waals surface area contributed by atoms with Crippen molar-refractivity contribution in [3.8, 4) is 0 Å². The number of nitrogens with one attached hydrogen (secondary N) is 1. The Morgan fingerprint density at radius 2 is 1.86 bits per heavy atom. The molecule has 0 spiro atoms. The molecule has 110 valence electrons. The molecule has 0 fully saturated rings. The number of rotatable bonds is 4. The predicted octanol–water partition coefficient (Wildman–Crippen LogP) is 3.07. The quantitative estimate of drug-likeness (QED) is 0.725. The van der Waals surface area contributed by atoms with Crippen LogP contribution >= 0.6 is 11.6 Å². The van der Waals surface area contributed by atoms with E-state index in [1.165, 1.54) is 0 Å². The summed E-state index contributed by atoms with van der Waals surface area (Å²) < 4.78 is 0. The fourth-order valence-corrected chi connectivity index (χ4v) is 2.31. The minimum absolute atomic E-state index is 0.0740. The second-order valence-corrected chi connectivity index (χ2v) is 5.28. The van der Waals surface area contributed by atoms with E-state index in [1.54, 1.807) is 42.5 Å². The third-order valence-corrected chi connectivity index (χ3v) is 3.48. The zero-order valence-corrected chi connectivity index (χ0v) is 12.1. The highest BCUT2D eigenvalue weighted by molar-refractivity contribution is 6.30. The molecule has 0 aliphatic rings. The van der Waals surface area contributed by atoms with E-state index >= 15 is 0 Å². The standard InChI is InChI=1S/C16H11ClN2O3/c17-11-4-2-10(3-5-11)15(22)16-18-12-6-1-9(8-14(20)21)7-13(12)19-16/h1-7H,8H2,(H,18,19)(H,20,21). The first kappa shape index (κ1) is 14.3. The second kappa shape index (κ2) is 5.61. The molecule has 2 N–H and O–H groups in total. The van der Waals surface area contributed by atoms with Crippen LogP contribution in [0, 0.1) is 0 Å². The van der Waals surface area contributed by atoms with Gasteiger partial charge in [-0.1, -0.05) is 17.7 Å². The van der Waals surface area contributed by atoms with Gasteiger partial charge < -0.3 is 10.1 Å². The number of aliphatic carboxylic acids is 1. The number of nitrogens with zero attached hydrogens (tertiary/aromatic N) is 1. The Morgan fingerprint density at radius 3 is 2.55 bits per heavy atom. The summed E-state index contributed by atoms with van der Waals surface area (Å²) in [6.07, 6.45) is -0.0740. The molecule has 0 amide bonds. The average molecular weight is 315 g/mol. The maximum atomic E-state index is 12.4. The fraction of sp³-hybridized carbons (Fsp3) is 0.0625. The van der Waals surface area contributed by atoms with Gasteiger partial charge in [-0.05, 0) is 42.0 Å². The van der Waals surface area contributed by atoms with E-state index in [4.69, 9.17) is 16.7 Å². The number of aromatic nitrogens is 2. The molecule has 1 heterocycles.